The van der Waals surface area contributed by atoms with Gasteiger partial charge in [0.25, 0.3) is 5.91 Å². The lowest BCUT2D eigenvalue weighted by Crippen LogP contribution is -2.49. The van der Waals surface area contributed by atoms with Gasteiger partial charge < -0.3 is 9.64 Å². The van der Waals surface area contributed by atoms with Gasteiger partial charge >= 0.3 is 0 Å². The third-order valence-electron chi connectivity index (χ3n) is 4.41. The molecule has 3 rings (SSSR count). The second-order valence-corrected chi connectivity index (χ2v) is 6.75. The SMILES string of the molecule is Cc1nn(C)cc1CN1CCN(C(=O)COc2ccc(Cl)cc2)CC1. The highest BCUT2D eigenvalue weighted by Gasteiger charge is 2.22. The van der Waals surface area contributed by atoms with Crippen LogP contribution in [-0.4, -0.2) is 58.3 Å². The molecule has 0 radical (unpaired) electrons. The molecule has 1 aliphatic rings. The fraction of sp³-hybridized carbons (Fsp3) is 0.444. The molecule has 0 atom stereocenters. The molecule has 25 heavy (non-hydrogen) atoms. The van der Waals surface area contributed by atoms with Gasteiger partial charge in [0.05, 0.1) is 5.69 Å². The molecule has 1 saturated heterocycles. The Kier molecular flexibility index (Phi) is 5.60. The van der Waals surface area contributed by atoms with Crippen molar-refractivity contribution in [2.45, 2.75) is 13.5 Å². The largest absolute Gasteiger partial charge is 0.484 e. The number of nitrogens with zero attached hydrogens (tertiary/aromatic N) is 4. The van der Waals surface area contributed by atoms with Crippen molar-refractivity contribution in [3.63, 3.8) is 0 Å². The first-order valence-corrected chi connectivity index (χ1v) is 8.76. The monoisotopic (exact) mass is 362 g/mol. The van der Waals surface area contributed by atoms with E-state index in [0.717, 1.165) is 38.4 Å². The number of halogens is 1. The molecule has 1 aromatic carbocycles. The summed E-state index contributed by atoms with van der Waals surface area (Å²) in [5, 5.41) is 5.03. The third-order valence-corrected chi connectivity index (χ3v) is 4.66. The molecule has 2 heterocycles. The first-order chi connectivity index (χ1) is 12.0. The van der Waals surface area contributed by atoms with Gasteiger partial charge in [0, 0.05) is 56.6 Å². The van der Waals surface area contributed by atoms with Crippen LogP contribution >= 0.6 is 11.6 Å². The predicted octanol–water partition coefficient (Wildman–Crippen LogP) is 2.11. The fourth-order valence-electron chi connectivity index (χ4n) is 2.97. The van der Waals surface area contributed by atoms with Crippen molar-refractivity contribution in [1.29, 1.82) is 0 Å². The first kappa shape index (κ1) is 17.8. The van der Waals surface area contributed by atoms with Gasteiger partial charge in [-0.2, -0.15) is 5.10 Å². The number of hydrogen-bond donors (Lipinski definition) is 0. The molecule has 0 unspecified atom stereocenters. The van der Waals surface area contributed by atoms with E-state index in [0.29, 0.717) is 10.8 Å². The van der Waals surface area contributed by atoms with Gasteiger partial charge in [-0.05, 0) is 31.2 Å². The van der Waals surface area contributed by atoms with Gasteiger partial charge in [0.2, 0.25) is 0 Å². The van der Waals surface area contributed by atoms with Crippen molar-refractivity contribution in [2.75, 3.05) is 32.8 Å². The van der Waals surface area contributed by atoms with Crippen molar-refractivity contribution in [3.8, 4) is 5.75 Å². The first-order valence-electron chi connectivity index (χ1n) is 8.39. The van der Waals surface area contributed by atoms with Crippen LogP contribution in [0.4, 0.5) is 0 Å². The maximum atomic E-state index is 12.3. The Morgan fingerprint density at radius 3 is 2.48 bits per heavy atom. The number of carbonyl (C=O) groups excluding carboxylic acids is 1. The van der Waals surface area contributed by atoms with E-state index < -0.39 is 0 Å². The molecule has 6 nitrogen and oxygen atoms in total. The standard InChI is InChI=1S/C18H23ClN4O2/c1-14-15(11-21(2)20-14)12-22-7-9-23(10-8-22)18(24)13-25-17-5-3-16(19)4-6-17/h3-6,11H,7-10,12-13H2,1-2H3. The van der Waals surface area contributed by atoms with E-state index >= 15 is 0 Å². The summed E-state index contributed by atoms with van der Waals surface area (Å²) in [4.78, 5) is 16.5. The summed E-state index contributed by atoms with van der Waals surface area (Å²) in [5.74, 6) is 0.676. The summed E-state index contributed by atoms with van der Waals surface area (Å²) in [6, 6.07) is 7.04. The molecular weight excluding hydrogens is 340 g/mol. The Morgan fingerprint density at radius 1 is 1.20 bits per heavy atom. The number of benzene rings is 1. The van der Waals surface area contributed by atoms with Crippen molar-refractivity contribution < 1.29 is 9.53 Å². The highest BCUT2D eigenvalue weighted by Crippen LogP contribution is 2.16. The van der Waals surface area contributed by atoms with Crippen LogP contribution in [0.25, 0.3) is 0 Å². The van der Waals surface area contributed by atoms with Crippen LogP contribution < -0.4 is 4.74 Å². The summed E-state index contributed by atoms with van der Waals surface area (Å²) in [5.41, 5.74) is 2.31. The molecular formula is C18H23ClN4O2. The zero-order valence-electron chi connectivity index (χ0n) is 14.6. The minimum Gasteiger partial charge on any atom is -0.484 e. The van der Waals surface area contributed by atoms with Gasteiger partial charge in [0.1, 0.15) is 5.75 Å². The minimum atomic E-state index is 0.0205. The predicted molar refractivity (Wildman–Crippen MR) is 96.7 cm³/mol. The molecule has 1 aromatic heterocycles. The smallest absolute Gasteiger partial charge is 0.260 e. The van der Waals surface area contributed by atoms with Crippen molar-refractivity contribution >= 4 is 17.5 Å². The van der Waals surface area contributed by atoms with Crippen LogP contribution in [0.1, 0.15) is 11.3 Å². The topological polar surface area (TPSA) is 50.6 Å². The van der Waals surface area contributed by atoms with Crippen molar-refractivity contribution in [2.24, 2.45) is 7.05 Å². The molecule has 0 N–H and O–H groups in total. The third kappa shape index (κ3) is 4.74. The lowest BCUT2D eigenvalue weighted by atomic mass is 10.2. The van der Waals surface area contributed by atoms with Gasteiger partial charge in [0.15, 0.2) is 6.61 Å². The summed E-state index contributed by atoms with van der Waals surface area (Å²) < 4.78 is 7.39. The van der Waals surface area contributed by atoms with Crippen molar-refractivity contribution in [1.82, 2.24) is 19.6 Å². The molecule has 0 aliphatic carbocycles. The maximum absolute atomic E-state index is 12.3. The van der Waals surface area contributed by atoms with Crippen LogP contribution in [0, 0.1) is 6.92 Å². The molecule has 0 bridgehead atoms. The minimum absolute atomic E-state index is 0.0205. The van der Waals surface area contributed by atoms with Gasteiger partial charge in [-0.25, -0.2) is 0 Å². The number of piperazine rings is 1. The molecule has 7 heteroatoms. The van der Waals surface area contributed by atoms with Crippen LogP contribution in [0.15, 0.2) is 30.5 Å². The highest BCUT2D eigenvalue weighted by atomic mass is 35.5. The van der Waals surface area contributed by atoms with E-state index in [9.17, 15) is 4.79 Å². The van der Waals surface area contributed by atoms with Gasteiger partial charge in [-0.1, -0.05) is 11.6 Å². The Bertz CT molecular complexity index is 721. The second-order valence-electron chi connectivity index (χ2n) is 6.31. The van der Waals surface area contributed by atoms with E-state index in [2.05, 4.69) is 16.2 Å². The summed E-state index contributed by atoms with van der Waals surface area (Å²) in [6.07, 6.45) is 2.06. The summed E-state index contributed by atoms with van der Waals surface area (Å²) in [7, 11) is 1.94. The molecule has 1 amide bonds. The van der Waals surface area contributed by atoms with Crippen LogP contribution in [0.5, 0.6) is 5.75 Å². The summed E-state index contributed by atoms with van der Waals surface area (Å²) in [6.45, 7) is 6.14. The zero-order chi connectivity index (χ0) is 17.8. The van der Waals surface area contributed by atoms with E-state index in [1.54, 1.807) is 24.3 Å². The number of aryl methyl sites for hydroxylation is 2. The normalized spacial score (nSPS) is 15.4. The number of amides is 1. The highest BCUT2D eigenvalue weighted by molar-refractivity contribution is 6.30. The zero-order valence-corrected chi connectivity index (χ0v) is 15.4. The average Bonchev–Trinajstić information content (AvgIpc) is 2.92. The van der Waals surface area contributed by atoms with Crippen LogP contribution in [0.2, 0.25) is 5.02 Å². The Balaban J connectivity index is 1.44. The molecule has 2 aromatic rings. The average molecular weight is 363 g/mol. The van der Waals surface area contributed by atoms with E-state index in [4.69, 9.17) is 16.3 Å². The van der Waals surface area contributed by atoms with Gasteiger partial charge in [-0.15, -0.1) is 0 Å². The van der Waals surface area contributed by atoms with Gasteiger partial charge in [-0.3, -0.25) is 14.4 Å². The molecule has 0 spiro atoms. The Hall–Kier alpha value is -2.05. The Labute approximate surface area is 152 Å². The lowest BCUT2D eigenvalue weighted by Gasteiger charge is -2.34. The van der Waals surface area contributed by atoms with E-state index in [-0.39, 0.29) is 12.5 Å². The number of hydrogen-bond acceptors (Lipinski definition) is 4. The quantitative estimate of drug-likeness (QED) is 0.817. The second kappa shape index (κ2) is 7.89. The number of ether oxygens (including phenoxy) is 1. The Morgan fingerprint density at radius 2 is 1.88 bits per heavy atom. The maximum Gasteiger partial charge on any atom is 0.260 e. The number of rotatable bonds is 5. The van der Waals surface area contributed by atoms with E-state index in [1.165, 1.54) is 5.56 Å². The molecule has 1 fully saturated rings. The number of carbonyl (C=O) groups is 1. The fourth-order valence-corrected chi connectivity index (χ4v) is 3.09. The molecule has 134 valence electrons. The molecule has 0 saturated carbocycles. The number of aromatic nitrogens is 2. The molecule has 1 aliphatic heterocycles. The van der Waals surface area contributed by atoms with E-state index in [1.807, 2.05) is 23.6 Å². The van der Waals surface area contributed by atoms with Crippen LogP contribution in [-0.2, 0) is 18.4 Å². The van der Waals surface area contributed by atoms with Crippen molar-refractivity contribution in [3.05, 3.63) is 46.7 Å². The van der Waals surface area contributed by atoms with Crippen LogP contribution in [0.3, 0.4) is 0 Å². The summed E-state index contributed by atoms with van der Waals surface area (Å²) >= 11 is 5.84. The lowest BCUT2D eigenvalue weighted by molar-refractivity contribution is -0.135.